The van der Waals surface area contributed by atoms with E-state index in [0.717, 1.165) is 0 Å². The summed E-state index contributed by atoms with van der Waals surface area (Å²) in [6.07, 6.45) is 0. The van der Waals surface area contributed by atoms with E-state index in [1.165, 1.54) is 0 Å². The third-order valence-corrected chi connectivity index (χ3v) is 1.50. The van der Waals surface area contributed by atoms with Crippen molar-refractivity contribution in [3.8, 4) is 5.75 Å². The van der Waals surface area contributed by atoms with Gasteiger partial charge < -0.3 is 9.84 Å². The summed E-state index contributed by atoms with van der Waals surface area (Å²) in [4.78, 5) is 10.1. The number of benzene rings is 1. The Balaban J connectivity index is 2.63. The van der Waals surface area contributed by atoms with Crippen LogP contribution in [0.5, 0.6) is 5.75 Å². The van der Waals surface area contributed by atoms with Gasteiger partial charge in [0.05, 0.1) is 5.02 Å². The van der Waals surface area contributed by atoms with Crippen molar-refractivity contribution in [1.29, 1.82) is 0 Å². The molecule has 0 fully saturated rings. The van der Waals surface area contributed by atoms with Crippen LogP contribution in [-0.4, -0.2) is 17.7 Å². The largest absolute Gasteiger partial charge is 0.480 e. The minimum Gasteiger partial charge on any atom is -0.480 e. The summed E-state index contributed by atoms with van der Waals surface area (Å²) in [5.41, 5.74) is 0. The summed E-state index contributed by atoms with van der Waals surface area (Å²) < 4.78 is 4.87. The van der Waals surface area contributed by atoms with Gasteiger partial charge >= 0.3 is 5.97 Å². The highest BCUT2D eigenvalue weighted by atomic mass is 35.5. The van der Waals surface area contributed by atoms with Crippen molar-refractivity contribution >= 4 is 17.6 Å². The van der Waals surface area contributed by atoms with Gasteiger partial charge in [-0.2, -0.15) is 0 Å². The molecule has 0 radical (unpaired) electrons. The van der Waals surface area contributed by atoms with Crippen molar-refractivity contribution in [1.82, 2.24) is 0 Å². The van der Waals surface area contributed by atoms with Crippen LogP contribution in [0.4, 0.5) is 0 Å². The molecule has 0 aliphatic heterocycles. The standard InChI is InChI=1S/C8H7ClO3/c9-6-3-1-2-4-7(6)12-5-8(10)11/h1-4H,5H2,(H,10,11). The van der Waals surface area contributed by atoms with E-state index in [2.05, 4.69) is 0 Å². The molecule has 0 saturated heterocycles. The Kier molecular flexibility index (Phi) is 2.94. The zero-order valence-corrected chi connectivity index (χ0v) is 6.91. The van der Waals surface area contributed by atoms with E-state index in [9.17, 15) is 4.79 Å². The van der Waals surface area contributed by atoms with Gasteiger partial charge in [0.1, 0.15) is 5.75 Å². The molecule has 0 unspecified atom stereocenters. The minimum absolute atomic E-state index is 0.371. The Morgan fingerprint density at radius 2 is 2.17 bits per heavy atom. The average Bonchev–Trinajstić information content (AvgIpc) is 2.03. The first-order valence-electron chi connectivity index (χ1n) is 3.29. The van der Waals surface area contributed by atoms with Gasteiger partial charge in [-0.1, -0.05) is 23.7 Å². The highest BCUT2D eigenvalue weighted by molar-refractivity contribution is 6.32. The summed E-state index contributed by atoms with van der Waals surface area (Å²) in [7, 11) is 0. The van der Waals surface area contributed by atoms with Crippen LogP contribution in [0.15, 0.2) is 24.3 Å². The summed E-state index contributed by atoms with van der Waals surface area (Å²) >= 11 is 5.69. The Morgan fingerprint density at radius 3 is 2.75 bits per heavy atom. The summed E-state index contributed by atoms with van der Waals surface area (Å²) in [5.74, 6) is -0.628. The zero-order chi connectivity index (χ0) is 8.97. The lowest BCUT2D eigenvalue weighted by atomic mass is 10.3. The van der Waals surface area contributed by atoms with Gasteiger partial charge in [-0.25, -0.2) is 4.79 Å². The molecule has 1 aromatic carbocycles. The highest BCUT2D eigenvalue weighted by Gasteiger charge is 2.01. The molecule has 4 heteroatoms. The normalized spacial score (nSPS) is 9.42. The maximum Gasteiger partial charge on any atom is 0.341 e. The van der Waals surface area contributed by atoms with Crippen LogP contribution < -0.4 is 4.74 Å². The third kappa shape index (κ3) is 2.43. The molecule has 0 spiro atoms. The Labute approximate surface area is 74.5 Å². The molecular weight excluding hydrogens is 180 g/mol. The van der Waals surface area contributed by atoms with E-state index >= 15 is 0 Å². The Hall–Kier alpha value is -1.22. The molecule has 0 heterocycles. The molecule has 0 atom stereocenters. The van der Waals surface area contributed by atoms with Crippen molar-refractivity contribution in [2.75, 3.05) is 6.61 Å². The molecule has 0 amide bonds. The van der Waals surface area contributed by atoms with Crippen LogP contribution in [-0.2, 0) is 4.79 Å². The lowest BCUT2D eigenvalue weighted by Gasteiger charge is -2.03. The van der Waals surface area contributed by atoms with Crippen LogP contribution >= 0.6 is 11.6 Å². The number of carboxylic acids is 1. The first kappa shape index (κ1) is 8.87. The number of halogens is 1. The van der Waals surface area contributed by atoms with Crippen LogP contribution in [0.1, 0.15) is 0 Å². The van der Waals surface area contributed by atoms with Crippen molar-refractivity contribution in [2.24, 2.45) is 0 Å². The fraction of sp³-hybridized carbons (Fsp3) is 0.125. The maximum atomic E-state index is 10.1. The van der Waals surface area contributed by atoms with E-state index in [-0.39, 0.29) is 6.61 Å². The van der Waals surface area contributed by atoms with E-state index in [4.69, 9.17) is 21.4 Å². The topological polar surface area (TPSA) is 46.5 Å². The number of carbonyl (C=O) groups is 1. The molecule has 1 rings (SSSR count). The second kappa shape index (κ2) is 3.97. The second-order valence-corrected chi connectivity index (χ2v) is 2.52. The fourth-order valence-electron chi connectivity index (χ4n) is 0.701. The number of rotatable bonds is 3. The predicted octanol–water partition coefficient (Wildman–Crippen LogP) is 1.80. The van der Waals surface area contributed by atoms with Crippen molar-refractivity contribution in [3.05, 3.63) is 29.3 Å². The van der Waals surface area contributed by atoms with Gasteiger partial charge in [-0.3, -0.25) is 0 Å². The van der Waals surface area contributed by atoms with E-state index < -0.39 is 5.97 Å². The lowest BCUT2D eigenvalue weighted by molar-refractivity contribution is -0.139. The zero-order valence-electron chi connectivity index (χ0n) is 6.16. The van der Waals surface area contributed by atoms with E-state index in [1.807, 2.05) is 0 Å². The van der Waals surface area contributed by atoms with Crippen LogP contribution in [0.25, 0.3) is 0 Å². The van der Waals surface area contributed by atoms with Crippen molar-refractivity contribution in [2.45, 2.75) is 0 Å². The van der Waals surface area contributed by atoms with Gasteiger partial charge in [0.25, 0.3) is 0 Å². The maximum absolute atomic E-state index is 10.1. The molecule has 0 aromatic heterocycles. The summed E-state index contributed by atoms with van der Waals surface area (Å²) in [6, 6.07) is 6.73. The third-order valence-electron chi connectivity index (χ3n) is 1.19. The summed E-state index contributed by atoms with van der Waals surface area (Å²) in [5, 5.41) is 8.71. The van der Waals surface area contributed by atoms with Crippen molar-refractivity contribution in [3.63, 3.8) is 0 Å². The van der Waals surface area contributed by atoms with Gasteiger partial charge in [0, 0.05) is 0 Å². The van der Waals surface area contributed by atoms with Gasteiger partial charge in [-0.15, -0.1) is 0 Å². The summed E-state index contributed by atoms with van der Waals surface area (Å²) in [6.45, 7) is -0.371. The quantitative estimate of drug-likeness (QED) is 0.783. The van der Waals surface area contributed by atoms with Gasteiger partial charge in [0.15, 0.2) is 6.61 Å². The number of aliphatic carboxylic acids is 1. The molecule has 0 bridgehead atoms. The smallest absolute Gasteiger partial charge is 0.341 e. The van der Waals surface area contributed by atoms with Crippen LogP contribution in [0.2, 0.25) is 5.02 Å². The molecule has 64 valence electrons. The number of hydrogen-bond donors (Lipinski definition) is 1. The Bertz CT molecular complexity index is 285. The van der Waals surface area contributed by atoms with Crippen LogP contribution in [0, 0.1) is 0 Å². The number of para-hydroxylation sites is 1. The first-order valence-corrected chi connectivity index (χ1v) is 3.67. The average molecular weight is 187 g/mol. The van der Waals surface area contributed by atoms with E-state index in [1.54, 1.807) is 24.3 Å². The number of ether oxygens (including phenoxy) is 1. The molecule has 0 aliphatic carbocycles. The lowest BCUT2D eigenvalue weighted by Crippen LogP contribution is -2.09. The molecule has 12 heavy (non-hydrogen) atoms. The molecule has 3 nitrogen and oxygen atoms in total. The minimum atomic E-state index is -1.02. The highest BCUT2D eigenvalue weighted by Crippen LogP contribution is 2.22. The number of hydrogen-bond acceptors (Lipinski definition) is 2. The molecule has 1 aromatic rings. The molecule has 1 N–H and O–H groups in total. The monoisotopic (exact) mass is 186 g/mol. The van der Waals surface area contributed by atoms with Gasteiger partial charge in [-0.05, 0) is 12.1 Å². The molecular formula is C8H7ClO3. The molecule has 0 saturated carbocycles. The Morgan fingerprint density at radius 1 is 1.50 bits per heavy atom. The SMILES string of the molecule is O=C(O)COc1ccccc1Cl. The predicted molar refractivity (Wildman–Crippen MR) is 44.6 cm³/mol. The number of carboxylic acid groups (broad SMARTS) is 1. The fourth-order valence-corrected chi connectivity index (χ4v) is 0.892. The second-order valence-electron chi connectivity index (χ2n) is 2.11. The first-order chi connectivity index (χ1) is 5.70. The van der Waals surface area contributed by atoms with Crippen molar-refractivity contribution < 1.29 is 14.6 Å². The van der Waals surface area contributed by atoms with Crippen LogP contribution in [0.3, 0.4) is 0 Å². The van der Waals surface area contributed by atoms with E-state index in [0.29, 0.717) is 10.8 Å². The van der Waals surface area contributed by atoms with Gasteiger partial charge in [0.2, 0.25) is 0 Å². The molecule has 0 aliphatic rings.